The minimum Gasteiger partial charge on any atom is -0.481 e. The zero-order chi connectivity index (χ0) is 15.0. The van der Waals surface area contributed by atoms with E-state index in [4.69, 9.17) is 5.11 Å². The molecule has 108 valence electrons. The average molecular weight is 298 g/mol. The van der Waals surface area contributed by atoms with E-state index in [1.807, 2.05) is 0 Å². The topological polar surface area (TPSA) is 105 Å². The molecule has 0 heterocycles. The summed E-state index contributed by atoms with van der Waals surface area (Å²) in [4.78, 5) is 32.9. The van der Waals surface area contributed by atoms with E-state index in [2.05, 4.69) is 15.4 Å². The molecule has 7 nitrogen and oxygen atoms in total. The highest BCUT2D eigenvalue weighted by molar-refractivity contribution is 8.00. The van der Waals surface area contributed by atoms with Gasteiger partial charge in [0.1, 0.15) is 0 Å². The van der Waals surface area contributed by atoms with Crippen molar-refractivity contribution < 1.29 is 24.2 Å². The molecule has 20 heavy (non-hydrogen) atoms. The number of benzene rings is 1. The monoisotopic (exact) mass is 298 g/mol. The van der Waals surface area contributed by atoms with Gasteiger partial charge in [-0.15, -0.1) is 11.8 Å². The van der Waals surface area contributed by atoms with Gasteiger partial charge in [0.05, 0.1) is 18.6 Å². The smallest absolute Gasteiger partial charge is 0.411 e. The van der Waals surface area contributed by atoms with Crippen LogP contribution in [0.5, 0.6) is 0 Å². The van der Waals surface area contributed by atoms with Crippen molar-refractivity contribution in [1.29, 1.82) is 0 Å². The highest BCUT2D eigenvalue weighted by Gasteiger charge is 2.06. The van der Waals surface area contributed by atoms with Crippen LogP contribution in [0.1, 0.15) is 0 Å². The molecule has 2 amide bonds. The molecule has 8 heteroatoms. The Balaban J connectivity index is 2.50. The van der Waals surface area contributed by atoms with Crippen LogP contribution < -0.4 is 10.6 Å². The molecular weight excluding hydrogens is 284 g/mol. The van der Waals surface area contributed by atoms with Crippen molar-refractivity contribution in [1.82, 2.24) is 0 Å². The van der Waals surface area contributed by atoms with Crippen molar-refractivity contribution in [3.05, 3.63) is 24.3 Å². The van der Waals surface area contributed by atoms with Gasteiger partial charge in [-0.1, -0.05) is 6.07 Å². The van der Waals surface area contributed by atoms with Gasteiger partial charge < -0.3 is 15.2 Å². The van der Waals surface area contributed by atoms with Crippen LogP contribution in [0, 0.1) is 0 Å². The third kappa shape index (κ3) is 6.10. The van der Waals surface area contributed by atoms with Gasteiger partial charge in [0.15, 0.2) is 0 Å². The van der Waals surface area contributed by atoms with Crippen LogP contribution in [0.2, 0.25) is 0 Å². The summed E-state index contributed by atoms with van der Waals surface area (Å²) >= 11 is 1.01. The summed E-state index contributed by atoms with van der Waals surface area (Å²) in [6.07, 6.45) is -0.606. The van der Waals surface area contributed by atoms with Crippen LogP contribution in [-0.4, -0.2) is 41.7 Å². The number of carboxylic acids is 1. The number of methoxy groups -OCH3 is 1. The third-order valence-electron chi connectivity index (χ3n) is 2.04. The second-order valence-corrected chi connectivity index (χ2v) is 4.62. The SMILES string of the molecule is COC(=O)Nc1cccc(NC(=O)CSCC(=O)O)c1. The lowest BCUT2D eigenvalue weighted by molar-refractivity contribution is -0.133. The van der Waals surface area contributed by atoms with E-state index < -0.39 is 12.1 Å². The van der Waals surface area contributed by atoms with Crippen LogP contribution in [0.3, 0.4) is 0 Å². The highest BCUT2D eigenvalue weighted by Crippen LogP contribution is 2.15. The summed E-state index contributed by atoms with van der Waals surface area (Å²) in [5, 5.41) is 13.5. The fourth-order valence-electron chi connectivity index (χ4n) is 1.27. The third-order valence-corrected chi connectivity index (χ3v) is 2.95. The van der Waals surface area contributed by atoms with Gasteiger partial charge in [0.2, 0.25) is 5.91 Å². The van der Waals surface area contributed by atoms with E-state index in [1.54, 1.807) is 24.3 Å². The maximum absolute atomic E-state index is 11.5. The summed E-state index contributed by atoms with van der Waals surface area (Å²) in [5.41, 5.74) is 0.979. The van der Waals surface area contributed by atoms with Crippen molar-refractivity contribution in [2.75, 3.05) is 29.2 Å². The first-order chi connectivity index (χ1) is 9.51. The predicted octanol–water partition coefficient (Wildman–Crippen LogP) is 1.62. The molecule has 0 fully saturated rings. The van der Waals surface area contributed by atoms with Gasteiger partial charge in [-0.05, 0) is 18.2 Å². The quantitative estimate of drug-likeness (QED) is 0.737. The number of rotatable bonds is 6. The molecule has 0 bridgehead atoms. The Bertz CT molecular complexity index is 506. The maximum Gasteiger partial charge on any atom is 0.411 e. The summed E-state index contributed by atoms with van der Waals surface area (Å²) in [6.45, 7) is 0. The van der Waals surface area contributed by atoms with E-state index in [9.17, 15) is 14.4 Å². The average Bonchev–Trinajstić information content (AvgIpc) is 2.38. The van der Waals surface area contributed by atoms with Gasteiger partial charge in [-0.25, -0.2) is 4.79 Å². The first kappa shape index (κ1) is 15.8. The molecule has 1 rings (SSSR count). The zero-order valence-electron chi connectivity index (χ0n) is 10.7. The molecule has 1 aromatic rings. The number of amides is 2. The molecule has 3 N–H and O–H groups in total. The zero-order valence-corrected chi connectivity index (χ0v) is 11.5. The molecule has 0 spiro atoms. The van der Waals surface area contributed by atoms with Gasteiger partial charge in [0, 0.05) is 11.4 Å². The molecule has 0 saturated carbocycles. The number of hydrogen-bond acceptors (Lipinski definition) is 5. The van der Waals surface area contributed by atoms with Crippen LogP contribution in [-0.2, 0) is 14.3 Å². The molecule has 0 atom stereocenters. The van der Waals surface area contributed by atoms with Gasteiger partial charge in [-0.3, -0.25) is 14.9 Å². The summed E-state index contributed by atoms with van der Waals surface area (Å²) in [6, 6.07) is 6.52. The lowest BCUT2D eigenvalue weighted by Gasteiger charge is -2.07. The number of thioether (sulfide) groups is 1. The fourth-order valence-corrected chi connectivity index (χ4v) is 1.81. The first-order valence-corrected chi connectivity index (χ1v) is 6.71. The largest absolute Gasteiger partial charge is 0.481 e. The summed E-state index contributed by atoms with van der Waals surface area (Å²) in [5.74, 6) is -1.36. The second kappa shape index (κ2) is 8.05. The van der Waals surface area contributed by atoms with Crippen molar-refractivity contribution in [2.45, 2.75) is 0 Å². The van der Waals surface area contributed by atoms with E-state index in [1.165, 1.54) is 7.11 Å². The number of hydrogen-bond donors (Lipinski definition) is 3. The van der Waals surface area contributed by atoms with Crippen LogP contribution >= 0.6 is 11.8 Å². The predicted molar refractivity (Wildman–Crippen MR) is 76.1 cm³/mol. The number of aliphatic carboxylic acids is 1. The van der Waals surface area contributed by atoms with Crippen molar-refractivity contribution in [2.24, 2.45) is 0 Å². The number of ether oxygens (including phenoxy) is 1. The van der Waals surface area contributed by atoms with E-state index in [0.29, 0.717) is 11.4 Å². The summed E-state index contributed by atoms with van der Waals surface area (Å²) in [7, 11) is 1.25. The minimum atomic E-state index is -0.966. The molecule has 0 aromatic heterocycles. The molecule has 0 aliphatic heterocycles. The van der Waals surface area contributed by atoms with Gasteiger partial charge in [-0.2, -0.15) is 0 Å². The summed E-state index contributed by atoms with van der Waals surface area (Å²) < 4.78 is 4.45. The van der Waals surface area contributed by atoms with E-state index in [0.717, 1.165) is 11.8 Å². The Kier molecular flexibility index (Phi) is 6.38. The fraction of sp³-hybridized carbons (Fsp3) is 0.250. The molecular formula is C12H14N2O5S. The molecule has 0 unspecified atom stereocenters. The number of carboxylic acid groups (broad SMARTS) is 1. The maximum atomic E-state index is 11.5. The number of anilines is 2. The highest BCUT2D eigenvalue weighted by atomic mass is 32.2. The van der Waals surface area contributed by atoms with Gasteiger partial charge in [0.25, 0.3) is 0 Å². The Hall–Kier alpha value is -2.22. The molecule has 0 aliphatic carbocycles. The second-order valence-electron chi connectivity index (χ2n) is 3.63. The van der Waals surface area contributed by atoms with Crippen molar-refractivity contribution in [3.63, 3.8) is 0 Å². The Labute approximate surface area is 119 Å². The lowest BCUT2D eigenvalue weighted by Crippen LogP contribution is -2.16. The molecule has 0 radical (unpaired) electrons. The molecule has 0 saturated heterocycles. The number of carbonyl (C=O) groups is 3. The number of carbonyl (C=O) groups excluding carboxylic acids is 2. The van der Waals surface area contributed by atoms with Crippen LogP contribution in [0.25, 0.3) is 0 Å². The van der Waals surface area contributed by atoms with E-state index >= 15 is 0 Å². The van der Waals surface area contributed by atoms with Gasteiger partial charge >= 0.3 is 12.1 Å². The normalized spacial score (nSPS) is 9.65. The standard InChI is InChI=1S/C12H14N2O5S/c1-19-12(18)14-9-4-2-3-8(5-9)13-10(15)6-20-7-11(16)17/h2-5H,6-7H2,1H3,(H,13,15)(H,14,18)(H,16,17). The van der Waals surface area contributed by atoms with Crippen LogP contribution in [0.15, 0.2) is 24.3 Å². The molecule has 1 aromatic carbocycles. The van der Waals surface area contributed by atoms with E-state index in [-0.39, 0.29) is 17.4 Å². The van der Waals surface area contributed by atoms with Crippen molar-refractivity contribution in [3.8, 4) is 0 Å². The lowest BCUT2D eigenvalue weighted by atomic mass is 10.3. The minimum absolute atomic E-state index is 0.0426. The Morgan fingerprint density at radius 1 is 1.20 bits per heavy atom. The molecule has 0 aliphatic rings. The Morgan fingerprint density at radius 3 is 2.45 bits per heavy atom. The number of nitrogens with one attached hydrogen (secondary N) is 2. The first-order valence-electron chi connectivity index (χ1n) is 5.55. The van der Waals surface area contributed by atoms with Crippen LogP contribution in [0.4, 0.5) is 16.2 Å². The Morgan fingerprint density at radius 2 is 1.85 bits per heavy atom. The van der Waals surface area contributed by atoms with Crippen molar-refractivity contribution >= 4 is 41.1 Å².